The molecule has 2 aromatic carbocycles. The Kier molecular flexibility index (Phi) is 8.38. The van der Waals surface area contributed by atoms with Crippen LogP contribution < -0.4 is 21.9 Å². The van der Waals surface area contributed by atoms with E-state index >= 15 is 4.39 Å². The molecule has 1 fully saturated rings. The highest BCUT2D eigenvalue weighted by Crippen LogP contribution is 2.37. The highest BCUT2D eigenvalue weighted by molar-refractivity contribution is 6.03. The number of aromatic nitrogens is 4. The molecule has 2 amide bonds. The maximum atomic E-state index is 15.0. The fraction of sp³-hybridized carbons (Fsp3) is 0.276. The van der Waals surface area contributed by atoms with E-state index in [0.717, 1.165) is 30.0 Å². The molecule has 11 nitrogen and oxygen atoms in total. The van der Waals surface area contributed by atoms with E-state index < -0.39 is 52.7 Å². The molecule has 0 bridgehead atoms. The molecule has 2 aromatic heterocycles. The van der Waals surface area contributed by atoms with Gasteiger partial charge in [-0.05, 0) is 54.2 Å². The summed E-state index contributed by atoms with van der Waals surface area (Å²) < 4.78 is 58.0. The standard InChI is InChI=1S/C29H26F4N6O5/c30-20-8-7-18(22(9-6-16-4-5-16)38-11-10-25(40)36-27(38)42)13-21(20)35-26(41)23-14-24(29(31,32)33)37-39(23)19-3-1-2-17(12-19)15-34-28(43)44/h1-3,7-8,10-14,16,22,34H,4-6,9,15H2,(H,35,41)(H,43,44)(H,36,40,42). The van der Waals surface area contributed by atoms with E-state index in [1.165, 1.54) is 53.2 Å². The molecule has 15 heteroatoms. The average Bonchev–Trinajstić information content (AvgIpc) is 3.67. The van der Waals surface area contributed by atoms with Crippen molar-refractivity contribution in [2.24, 2.45) is 5.92 Å². The number of aromatic amines is 1. The van der Waals surface area contributed by atoms with E-state index in [1.807, 2.05) is 0 Å². The molecule has 44 heavy (non-hydrogen) atoms. The number of anilines is 1. The van der Waals surface area contributed by atoms with E-state index in [1.54, 1.807) is 0 Å². The Bertz CT molecular complexity index is 1830. The quantitative estimate of drug-likeness (QED) is 0.191. The number of rotatable bonds is 10. The number of alkyl halides is 3. The first-order valence-corrected chi connectivity index (χ1v) is 13.5. The third-order valence-corrected chi connectivity index (χ3v) is 7.19. The first kappa shape index (κ1) is 30.3. The lowest BCUT2D eigenvalue weighted by molar-refractivity contribution is -0.141. The number of halogens is 4. The molecule has 1 aliphatic carbocycles. The smallest absolute Gasteiger partial charge is 0.435 e. The fourth-order valence-electron chi connectivity index (χ4n) is 4.83. The van der Waals surface area contributed by atoms with Crippen LogP contribution in [0.3, 0.4) is 0 Å². The number of carboxylic acid groups (broad SMARTS) is 1. The Morgan fingerprint density at radius 2 is 1.86 bits per heavy atom. The highest BCUT2D eigenvalue weighted by atomic mass is 19.4. The van der Waals surface area contributed by atoms with Gasteiger partial charge >= 0.3 is 18.0 Å². The van der Waals surface area contributed by atoms with Crippen molar-refractivity contribution in [3.05, 3.63) is 110 Å². The lowest BCUT2D eigenvalue weighted by Crippen LogP contribution is -2.32. The maximum Gasteiger partial charge on any atom is 0.435 e. The fourth-order valence-corrected chi connectivity index (χ4v) is 4.83. The number of benzene rings is 2. The molecule has 5 rings (SSSR count). The highest BCUT2D eigenvalue weighted by Gasteiger charge is 2.36. The number of nitrogens with zero attached hydrogens (tertiary/aromatic N) is 3. The van der Waals surface area contributed by atoms with Gasteiger partial charge in [-0.15, -0.1) is 0 Å². The molecule has 1 unspecified atom stereocenters. The number of nitrogens with one attached hydrogen (secondary N) is 3. The molecule has 4 aromatic rings. The van der Waals surface area contributed by atoms with Crippen LogP contribution in [0.5, 0.6) is 0 Å². The van der Waals surface area contributed by atoms with Crippen molar-refractivity contribution < 1.29 is 32.3 Å². The van der Waals surface area contributed by atoms with Gasteiger partial charge in [0.15, 0.2) is 5.69 Å². The Balaban J connectivity index is 1.49. The first-order valence-electron chi connectivity index (χ1n) is 13.5. The van der Waals surface area contributed by atoms with Crippen LogP contribution in [0, 0.1) is 11.7 Å². The van der Waals surface area contributed by atoms with Crippen LogP contribution in [0.2, 0.25) is 0 Å². The first-order chi connectivity index (χ1) is 20.9. The number of carbonyl (C=O) groups excluding carboxylic acids is 1. The zero-order valence-corrected chi connectivity index (χ0v) is 22.9. The van der Waals surface area contributed by atoms with Gasteiger partial charge in [-0.25, -0.2) is 18.7 Å². The van der Waals surface area contributed by atoms with Gasteiger partial charge in [-0.2, -0.15) is 18.3 Å². The zero-order chi connectivity index (χ0) is 31.6. The lowest BCUT2D eigenvalue weighted by atomic mass is 9.99. The SMILES string of the molecule is O=C(O)NCc1cccc(-n2nc(C(F)(F)F)cc2C(=O)Nc2cc(C(CCC3CC3)n3ccc(=O)[nH]c3=O)ccc2F)c1. The second kappa shape index (κ2) is 12.2. The molecule has 4 N–H and O–H groups in total. The molecule has 0 spiro atoms. The van der Waals surface area contributed by atoms with Crippen molar-refractivity contribution in [3.63, 3.8) is 0 Å². The number of H-pyrrole nitrogens is 1. The Hall–Kier alpha value is -5.21. The number of hydrogen-bond donors (Lipinski definition) is 4. The van der Waals surface area contributed by atoms with Crippen LogP contribution in [-0.4, -0.2) is 36.4 Å². The van der Waals surface area contributed by atoms with Crippen molar-refractivity contribution in [1.82, 2.24) is 24.6 Å². The number of carbonyl (C=O) groups is 2. The van der Waals surface area contributed by atoms with Gasteiger partial charge in [-0.1, -0.05) is 31.0 Å². The van der Waals surface area contributed by atoms with E-state index in [4.69, 9.17) is 5.11 Å². The van der Waals surface area contributed by atoms with E-state index in [0.29, 0.717) is 29.5 Å². The van der Waals surface area contributed by atoms with Crippen LogP contribution >= 0.6 is 0 Å². The summed E-state index contributed by atoms with van der Waals surface area (Å²) in [7, 11) is 0. The monoisotopic (exact) mass is 614 g/mol. The minimum absolute atomic E-state index is 0.0298. The topological polar surface area (TPSA) is 151 Å². The summed E-state index contributed by atoms with van der Waals surface area (Å²) >= 11 is 0. The summed E-state index contributed by atoms with van der Waals surface area (Å²) in [5.74, 6) is -1.49. The molecule has 2 heterocycles. The maximum absolute atomic E-state index is 15.0. The molecule has 0 saturated heterocycles. The van der Waals surface area contributed by atoms with Crippen molar-refractivity contribution >= 4 is 17.7 Å². The van der Waals surface area contributed by atoms with Gasteiger partial charge in [0.1, 0.15) is 11.5 Å². The summed E-state index contributed by atoms with van der Waals surface area (Å²) in [4.78, 5) is 50.7. The van der Waals surface area contributed by atoms with Crippen LogP contribution in [0.4, 0.5) is 28.0 Å². The predicted octanol–water partition coefficient (Wildman–Crippen LogP) is 4.68. The molecule has 0 aliphatic heterocycles. The van der Waals surface area contributed by atoms with Gasteiger partial charge < -0.3 is 15.7 Å². The third kappa shape index (κ3) is 7.04. The van der Waals surface area contributed by atoms with Gasteiger partial charge in [0.2, 0.25) is 0 Å². The van der Waals surface area contributed by atoms with Crippen LogP contribution in [0.25, 0.3) is 5.69 Å². The second-order valence-corrected chi connectivity index (χ2v) is 10.4. The van der Waals surface area contributed by atoms with Crippen molar-refractivity contribution in [3.8, 4) is 5.69 Å². The predicted molar refractivity (Wildman–Crippen MR) is 149 cm³/mol. The Morgan fingerprint density at radius 1 is 1.09 bits per heavy atom. The minimum Gasteiger partial charge on any atom is -0.465 e. The summed E-state index contributed by atoms with van der Waals surface area (Å²) in [6, 6.07) is 10.6. The minimum atomic E-state index is -4.91. The van der Waals surface area contributed by atoms with Gasteiger partial charge in [0, 0.05) is 24.9 Å². The largest absolute Gasteiger partial charge is 0.465 e. The zero-order valence-electron chi connectivity index (χ0n) is 22.9. The van der Waals surface area contributed by atoms with Gasteiger partial charge in [0.25, 0.3) is 11.5 Å². The molecule has 230 valence electrons. The van der Waals surface area contributed by atoms with Crippen LogP contribution in [-0.2, 0) is 12.7 Å². The van der Waals surface area contributed by atoms with Gasteiger partial charge in [-0.3, -0.25) is 19.1 Å². The summed E-state index contributed by atoms with van der Waals surface area (Å²) in [5, 5.41) is 16.9. The molecule has 0 radical (unpaired) electrons. The van der Waals surface area contributed by atoms with Gasteiger partial charge in [0.05, 0.1) is 17.4 Å². The van der Waals surface area contributed by atoms with Crippen molar-refractivity contribution in [2.75, 3.05) is 5.32 Å². The lowest BCUT2D eigenvalue weighted by Gasteiger charge is -2.21. The third-order valence-electron chi connectivity index (χ3n) is 7.19. The summed E-state index contributed by atoms with van der Waals surface area (Å²) in [5.41, 5.74) is -2.69. The summed E-state index contributed by atoms with van der Waals surface area (Å²) in [6.07, 6.45) is -1.56. The molecular formula is C29H26F4N6O5. The number of amides is 2. The average molecular weight is 615 g/mol. The molecule has 1 aliphatic rings. The summed E-state index contributed by atoms with van der Waals surface area (Å²) in [6.45, 7) is -0.156. The van der Waals surface area contributed by atoms with Crippen LogP contribution in [0.1, 0.15) is 59.0 Å². The van der Waals surface area contributed by atoms with E-state index in [-0.39, 0.29) is 17.9 Å². The normalized spacial score (nSPS) is 13.8. The molecule has 1 saturated carbocycles. The Morgan fingerprint density at radius 3 is 2.55 bits per heavy atom. The number of hydrogen-bond acceptors (Lipinski definition) is 5. The molecule has 1 atom stereocenters. The van der Waals surface area contributed by atoms with Crippen molar-refractivity contribution in [2.45, 2.75) is 44.4 Å². The molecular weight excluding hydrogens is 588 g/mol. The Labute approximate surface area is 246 Å². The van der Waals surface area contributed by atoms with E-state index in [9.17, 15) is 32.3 Å². The van der Waals surface area contributed by atoms with Crippen LogP contribution in [0.15, 0.2) is 70.4 Å². The van der Waals surface area contributed by atoms with Crippen molar-refractivity contribution in [1.29, 1.82) is 0 Å². The van der Waals surface area contributed by atoms with E-state index in [2.05, 4.69) is 20.7 Å². The second-order valence-electron chi connectivity index (χ2n) is 10.4.